The minimum Gasteiger partial charge on any atom is -0.363 e. The third-order valence-electron chi connectivity index (χ3n) is 4.66. The molecule has 0 saturated carbocycles. The Morgan fingerprint density at radius 1 is 0.923 bits per heavy atom. The van der Waals surface area contributed by atoms with Gasteiger partial charge in [-0.15, -0.1) is 0 Å². The van der Waals surface area contributed by atoms with Gasteiger partial charge in [0.15, 0.2) is 5.65 Å². The number of hydrogen-bond acceptors (Lipinski definition) is 3. The van der Waals surface area contributed by atoms with E-state index in [0.717, 1.165) is 34.0 Å². The molecule has 4 rings (SSSR count). The van der Waals surface area contributed by atoms with Crippen molar-refractivity contribution < 1.29 is 0 Å². The Bertz CT molecular complexity index is 1040. The number of anilines is 1. The molecule has 0 aliphatic carbocycles. The monoisotopic (exact) mass is 342 g/mol. The van der Waals surface area contributed by atoms with Crippen LogP contribution in [0.2, 0.25) is 0 Å². The number of aromatic nitrogens is 3. The summed E-state index contributed by atoms with van der Waals surface area (Å²) in [6, 6.07) is 22.9. The predicted octanol–water partition coefficient (Wildman–Crippen LogP) is 5.19. The zero-order valence-corrected chi connectivity index (χ0v) is 15.3. The van der Waals surface area contributed by atoms with Gasteiger partial charge >= 0.3 is 0 Å². The fourth-order valence-electron chi connectivity index (χ4n) is 3.26. The van der Waals surface area contributed by atoms with E-state index in [1.807, 2.05) is 41.8 Å². The van der Waals surface area contributed by atoms with Crippen LogP contribution in [0.15, 0.2) is 66.7 Å². The maximum atomic E-state index is 4.86. The quantitative estimate of drug-likeness (QED) is 0.555. The number of rotatable bonds is 4. The molecule has 2 aromatic carbocycles. The first-order valence-corrected chi connectivity index (χ1v) is 8.87. The van der Waals surface area contributed by atoms with Crippen molar-refractivity contribution in [3.05, 3.63) is 83.6 Å². The average Bonchev–Trinajstić information content (AvgIpc) is 3.00. The molecule has 0 amide bonds. The van der Waals surface area contributed by atoms with Crippen molar-refractivity contribution in [2.45, 2.75) is 26.8 Å². The minimum atomic E-state index is 0.172. The molecule has 130 valence electrons. The molecule has 4 nitrogen and oxygen atoms in total. The maximum Gasteiger partial charge on any atom is 0.161 e. The Hall–Kier alpha value is -3.14. The molecular formula is C22H22N4. The molecule has 26 heavy (non-hydrogen) atoms. The fraction of sp³-hybridized carbons (Fsp3) is 0.182. The Labute approximate surface area is 153 Å². The third kappa shape index (κ3) is 2.94. The topological polar surface area (TPSA) is 42.2 Å². The zero-order valence-electron chi connectivity index (χ0n) is 15.3. The van der Waals surface area contributed by atoms with Crippen LogP contribution in [-0.2, 0) is 0 Å². The summed E-state index contributed by atoms with van der Waals surface area (Å²) < 4.78 is 1.92. The van der Waals surface area contributed by atoms with Crippen LogP contribution in [0.1, 0.15) is 29.8 Å². The van der Waals surface area contributed by atoms with Crippen molar-refractivity contribution in [2.24, 2.45) is 0 Å². The van der Waals surface area contributed by atoms with Gasteiger partial charge in [0.1, 0.15) is 5.82 Å². The highest BCUT2D eigenvalue weighted by molar-refractivity contribution is 5.71. The lowest BCUT2D eigenvalue weighted by Gasteiger charge is -2.16. The molecule has 1 N–H and O–H groups in total. The molecule has 0 aliphatic heterocycles. The van der Waals surface area contributed by atoms with Gasteiger partial charge in [-0.2, -0.15) is 9.61 Å². The lowest BCUT2D eigenvalue weighted by molar-refractivity contribution is 0.839. The molecule has 0 saturated heterocycles. The van der Waals surface area contributed by atoms with Crippen molar-refractivity contribution in [3.8, 4) is 11.3 Å². The van der Waals surface area contributed by atoms with Crippen molar-refractivity contribution in [3.63, 3.8) is 0 Å². The molecule has 0 radical (unpaired) electrons. The second-order valence-electron chi connectivity index (χ2n) is 6.63. The Kier molecular flexibility index (Phi) is 4.17. The first-order chi connectivity index (χ1) is 12.6. The van der Waals surface area contributed by atoms with Gasteiger partial charge in [0.2, 0.25) is 0 Å². The zero-order chi connectivity index (χ0) is 18.1. The minimum absolute atomic E-state index is 0.172. The first-order valence-electron chi connectivity index (χ1n) is 8.87. The van der Waals surface area contributed by atoms with E-state index >= 15 is 0 Å². The van der Waals surface area contributed by atoms with Crippen LogP contribution in [0, 0.1) is 13.8 Å². The van der Waals surface area contributed by atoms with Crippen molar-refractivity contribution in [1.29, 1.82) is 0 Å². The summed E-state index contributed by atoms with van der Waals surface area (Å²) in [5.41, 5.74) is 6.28. The number of nitrogens with zero attached hydrogens (tertiary/aromatic N) is 3. The molecule has 2 heterocycles. The highest BCUT2D eigenvalue weighted by Gasteiger charge is 2.16. The van der Waals surface area contributed by atoms with E-state index in [4.69, 9.17) is 10.1 Å². The second kappa shape index (κ2) is 6.64. The van der Waals surface area contributed by atoms with Gasteiger partial charge in [-0.05, 0) is 26.3 Å². The lowest BCUT2D eigenvalue weighted by Crippen LogP contribution is -2.11. The third-order valence-corrected chi connectivity index (χ3v) is 4.66. The summed E-state index contributed by atoms with van der Waals surface area (Å²) in [5, 5.41) is 8.46. The van der Waals surface area contributed by atoms with Gasteiger partial charge in [0.05, 0.1) is 5.69 Å². The van der Waals surface area contributed by atoms with Crippen LogP contribution in [0.4, 0.5) is 5.82 Å². The van der Waals surface area contributed by atoms with Crippen LogP contribution in [-0.4, -0.2) is 14.6 Å². The van der Waals surface area contributed by atoms with Gasteiger partial charge in [-0.25, -0.2) is 4.98 Å². The molecular weight excluding hydrogens is 320 g/mol. The van der Waals surface area contributed by atoms with E-state index < -0.39 is 0 Å². The van der Waals surface area contributed by atoms with Crippen LogP contribution >= 0.6 is 0 Å². The molecule has 0 bridgehead atoms. The maximum absolute atomic E-state index is 4.86. The van der Waals surface area contributed by atoms with Crippen LogP contribution in [0.25, 0.3) is 16.9 Å². The number of benzene rings is 2. The highest BCUT2D eigenvalue weighted by atomic mass is 15.3. The second-order valence-corrected chi connectivity index (χ2v) is 6.63. The molecule has 1 atom stereocenters. The Morgan fingerprint density at radius 3 is 2.27 bits per heavy atom. The SMILES string of the molecule is Cc1cc(NC(C)c2ccccc2)n2nc(-c3ccccc3)c(C)c2n1. The summed E-state index contributed by atoms with van der Waals surface area (Å²) in [7, 11) is 0. The van der Waals surface area contributed by atoms with Crippen LogP contribution < -0.4 is 5.32 Å². The molecule has 0 aliphatic rings. The summed E-state index contributed by atoms with van der Waals surface area (Å²) in [5.74, 6) is 0.953. The van der Waals surface area contributed by atoms with Crippen molar-refractivity contribution in [1.82, 2.24) is 14.6 Å². The van der Waals surface area contributed by atoms with Crippen LogP contribution in [0.5, 0.6) is 0 Å². The predicted molar refractivity (Wildman–Crippen MR) is 106 cm³/mol. The van der Waals surface area contributed by atoms with E-state index in [0.29, 0.717) is 0 Å². The summed E-state index contributed by atoms with van der Waals surface area (Å²) >= 11 is 0. The molecule has 1 unspecified atom stereocenters. The number of nitrogens with one attached hydrogen (secondary N) is 1. The van der Waals surface area contributed by atoms with Crippen LogP contribution in [0.3, 0.4) is 0 Å². The summed E-state index contributed by atoms with van der Waals surface area (Å²) in [6.45, 7) is 6.26. The van der Waals surface area contributed by atoms with Crippen molar-refractivity contribution in [2.75, 3.05) is 5.32 Å². The number of aryl methyl sites for hydroxylation is 2. The highest BCUT2D eigenvalue weighted by Crippen LogP contribution is 2.28. The van der Waals surface area contributed by atoms with E-state index in [1.165, 1.54) is 5.56 Å². The van der Waals surface area contributed by atoms with E-state index in [2.05, 4.69) is 55.6 Å². The number of fused-ring (bicyclic) bond motifs is 1. The summed E-state index contributed by atoms with van der Waals surface area (Å²) in [6.07, 6.45) is 0. The molecule has 4 heteroatoms. The van der Waals surface area contributed by atoms with E-state index in [1.54, 1.807) is 0 Å². The van der Waals surface area contributed by atoms with Gasteiger partial charge in [-0.1, -0.05) is 60.7 Å². The normalized spacial score (nSPS) is 12.3. The molecule has 4 aromatic rings. The molecule has 0 fully saturated rings. The Morgan fingerprint density at radius 2 is 1.58 bits per heavy atom. The van der Waals surface area contributed by atoms with Gasteiger partial charge in [0.25, 0.3) is 0 Å². The molecule has 2 aromatic heterocycles. The van der Waals surface area contributed by atoms with E-state index in [-0.39, 0.29) is 6.04 Å². The number of hydrogen-bond donors (Lipinski definition) is 1. The average molecular weight is 342 g/mol. The van der Waals surface area contributed by atoms with E-state index in [9.17, 15) is 0 Å². The summed E-state index contributed by atoms with van der Waals surface area (Å²) in [4.78, 5) is 4.72. The van der Waals surface area contributed by atoms with Gasteiger partial charge in [0, 0.05) is 28.9 Å². The largest absolute Gasteiger partial charge is 0.363 e. The van der Waals surface area contributed by atoms with Crippen molar-refractivity contribution >= 4 is 11.5 Å². The van der Waals surface area contributed by atoms with Gasteiger partial charge in [-0.3, -0.25) is 0 Å². The van der Waals surface area contributed by atoms with Gasteiger partial charge < -0.3 is 5.32 Å². The fourth-order valence-corrected chi connectivity index (χ4v) is 3.26. The smallest absolute Gasteiger partial charge is 0.161 e. The Balaban J connectivity index is 1.80. The lowest BCUT2D eigenvalue weighted by atomic mass is 10.1. The first kappa shape index (κ1) is 16.3. The standard InChI is InChI=1S/C22H22N4/c1-15-14-20(24-17(3)18-10-6-4-7-11-18)26-22(23-15)16(2)21(25-26)19-12-8-5-9-13-19/h4-14,17,24H,1-3H3. The molecule has 0 spiro atoms.